The minimum atomic E-state index is -0.508. The maximum Gasteiger partial charge on any atom is 0.310 e. The number of rotatable bonds is 7. The van der Waals surface area contributed by atoms with E-state index in [2.05, 4.69) is 5.32 Å². The molecule has 1 atom stereocenters. The van der Waals surface area contributed by atoms with Crippen LogP contribution in [0.4, 0.5) is 0 Å². The highest BCUT2D eigenvalue weighted by atomic mass is 35.5. The molecule has 0 aliphatic carbocycles. The lowest BCUT2D eigenvalue weighted by atomic mass is 10.1. The highest BCUT2D eigenvalue weighted by molar-refractivity contribution is 6.42. The maximum absolute atomic E-state index is 12.0. The fourth-order valence-electron chi connectivity index (χ4n) is 2.35. The van der Waals surface area contributed by atoms with E-state index in [1.807, 2.05) is 6.07 Å². The van der Waals surface area contributed by atoms with Crippen LogP contribution in [0.25, 0.3) is 0 Å². The predicted molar refractivity (Wildman–Crippen MR) is 101 cm³/mol. The normalized spacial score (nSPS) is 11.5. The van der Waals surface area contributed by atoms with E-state index in [0.29, 0.717) is 21.4 Å². The molecule has 26 heavy (non-hydrogen) atoms. The molecule has 2 aromatic rings. The lowest BCUT2D eigenvalue weighted by Gasteiger charge is -2.15. The fourth-order valence-corrected chi connectivity index (χ4v) is 2.66. The number of amides is 1. The van der Waals surface area contributed by atoms with E-state index >= 15 is 0 Å². The maximum atomic E-state index is 12.0. The molecule has 0 radical (unpaired) electrons. The minimum absolute atomic E-state index is 0.0274. The molecule has 7 heteroatoms. The predicted octanol–water partition coefficient (Wildman–Crippen LogP) is 3.97. The number of benzene rings is 2. The number of esters is 1. The van der Waals surface area contributed by atoms with Gasteiger partial charge in [-0.15, -0.1) is 0 Å². The molecule has 1 amide bonds. The Morgan fingerprint density at radius 2 is 1.85 bits per heavy atom. The zero-order valence-electron chi connectivity index (χ0n) is 14.4. The zero-order valence-corrected chi connectivity index (χ0v) is 15.9. The van der Waals surface area contributed by atoms with Crippen molar-refractivity contribution in [2.24, 2.45) is 0 Å². The first-order valence-corrected chi connectivity index (χ1v) is 8.68. The van der Waals surface area contributed by atoms with Crippen molar-refractivity contribution in [3.63, 3.8) is 0 Å². The number of carbonyl (C=O) groups excluding carboxylic acids is 2. The minimum Gasteiger partial charge on any atom is -0.496 e. The molecule has 0 bridgehead atoms. The van der Waals surface area contributed by atoms with Crippen molar-refractivity contribution < 1.29 is 19.1 Å². The number of para-hydroxylation sites is 1. The van der Waals surface area contributed by atoms with Crippen molar-refractivity contribution >= 4 is 35.1 Å². The number of hydrogen-bond acceptors (Lipinski definition) is 4. The summed E-state index contributed by atoms with van der Waals surface area (Å²) in [5.41, 5.74) is 1.50. The molecule has 0 aliphatic heterocycles. The van der Waals surface area contributed by atoms with E-state index < -0.39 is 11.9 Å². The van der Waals surface area contributed by atoms with Gasteiger partial charge in [-0.05, 0) is 30.7 Å². The third-order valence-corrected chi connectivity index (χ3v) is 4.45. The summed E-state index contributed by atoms with van der Waals surface area (Å²) < 4.78 is 10.2. The van der Waals surface area contributed by atoms with Crippen LogP contribution in [0.3, 0.4) is 0 Å². The highest BCUT2D eigenvalue weighted by Gasteiger charge is 2.14. The van der Waals surface area contributed by atoms with Crippen molar-refractivity contribution in [3.8, 4) is 5.75 Å². The van der Waals surface area contributed by atoms with Gasteiger partial charge < -0.3 is 14.8 Å². The first-order valence-electron chi connectivity index (χ1n) is 7.92. The van der Waals surface area contributed by atoms with Gasteiger partial charge in [-0.3, -0.25) is 9.59 Å². The molecule has 0 saturated carbocycles. The Kier molecular flexibility index (Phi) is 7.30. The molecule has 0 fully saturated rings. The largest absolute Gasteiger partial charge is 0.496 e. The molecular weight excluding hydrogens is 377 g/mol. The van der Waals surface area contributed by atoms with Gasteiger partial charge in [0.15, 0.2) is 6.61 Å². The monoisotopic (exact) mass is 395 g/mol. The van der Waals surface area contributed by atoms with Gasteiger partial charge in [0.25, 0.3) is 5.91 Å². The van der Waals surface area contributed by atoms with Crippen LogP contribution in [-0.2, 0) is 20.7 Å². The van der Waals surface area contributed by atoms with Gasteiger partial charge in [0.1, 0.15) is 5.75 Å². The molecule has 0 spiro atoms. The van der Waals surface area contributed by atoms with E-state index in [1.165, 1.54) is 7.11 Å². The second-order valence-corrected chi connectivity index (χ2v) is 6.43. The smallest absolute Gasteiger partial charge is 0.310 e. The highest BCUT2D eigenvalue weighted by Crippen LogP contribution is 2.25. The molecule has 2 rings (SSSR count). The molecule has 1 N–H and O–H groups in total. The summed E-state index contributed by atoms with van der Waals surface area (Å²) in [5, 5.41) is 3.60. The fraction of sp³-hybridized carbons (Fsp3) is 0.263. The summed E-state index contributed by atoms with van der Waals surface area (Å²) in [6, 6.07) is 12.0. The van der Waals surface area contributed by atoms with Crippen molar-refractivity contribution in [1.82, 2.24) is 5.32 Å². The number of nitrogens with one attached hydrogen (secondary N) is 1. The van der Waals surface area contributed by atoms with Crippen LogP contribution in [0.15, 0.2) is 42.5 Å². The zero-order chi connectivity index (χ0) is 19.1. The molecule has 5 nitrogen and oxygen atoms in total. The first-order chi connectivity index (χ1) is 12.4. The molecule has 138 valence electrons. The van der Waals surface area contributed by atoms with Crippen LogP contribution in [-0.4, -0.2) is 25.6 Å². The van der Waals surface area contributed by atoms with Crippen LogP contribution in [0, 0.1) is 0 Å². The van der Waals surface area contributed by atoms with Crippen molar-refractivity contribution in [2.45, 2.75) is 19.4 Å². The second-order valence-electron chi connectivity index (χ2n) is 5.61. The quantitative estimate of drug-likeness (QED) is 0.720. The third kappa shape index (κ3) is 5.64. The Bertz CT molecular complexity index is 795. The van der Waals surface area contributed by atoms with Crippen LogP contribution < -0.4 is 10.1 Å². The van der Waals surface area contributed by atoms with Crippen molar-refractivity contribution in [1.29, 1.82) is 0 Å². The third-order valence-electron chi connectivity index (χ3n) is 3.71. The van der Waals surface area contributed by atoms with Gasteiger partial charge in [-0.1, -0.05) is 47.5 Å². The first kappa shape index (κ1) is 20.1. The Balaban J connectivity index is 1.84. The van der Waals surface area contributed by atoms with Crippen LogP contribution in [0.5, 0.6) is 5.75 Å². The molecule has 0 saturated heterocycles. The van der Waals surface area contributed by atoms with E-state index in [-0.39, 0.29) is 19.1 Å². The van der Waals surface area contributed by atoms with E-state index in [4.69, 9.17) is 32.7 Å². The van der Waals surface area contributed by atoms with Gasteiger partial charge in [0, 0.05) is 5.56 Å². The Morgan fingerprint density at radius 1 is 1.12 bits per heavy atom. The van der Waals surface area contributed by atoms with E-state index in [1.54, 1.807) is 43.3 Å². The van der Waals surface area contributed by atoms with Crippen molar-refractivity contribution in [3.05, 3.63) is 63.6 Å². The van der Waals surface area contributed by atoms with Gasteiger partial charge in [-0.2, -0.15) is 0 Å². The van der Waals surface area contributed by atoms with Crippen LogP contribution >= 0.6 is 23.2 Å². The number of ether oxygens (including phenoxy) is 2. The van der Waals surface area contributed by atoms with Crippen LogP contribution in [0.1, 0.15) is 24.1 Å². The Hall–Kier alpha value is -2.24. The number of carbonyl (C=O) groups is 2. The van der Waals surface area contributed by atoms with Gasteiger partial charge in [-0.25, -0.2) is 0 Å². The molecule has 0 heterocycles. The number of methoxy groups -OCH3 is 1. The Labute approximate surface area is 162 Å². The summed E-state index contributed by atoms with van der Waals surface area (Å²) in [4.78, 5) is 23.9. The van der Waals surface area contributed by atoms with E-state index in [9.17, 15) is 9.59 Å². The standard InChI is InChI=1S/C19H19Cl2NO4/c1-12(13-7-8-15(20)16(21)9-13)22-18(23)11-26-19(24)10-14-5-3-4-6-17(14)25-2/h3-9,12H,10-11H2,1-2H3,(H,22,23). The molecule has 0 aliphatic rings. The van der Waals surface area contributed by atoms with Gasteiger partial charge >= 0.3 is 5.97 Å². The summed E-state index contributed by atoms with van der Waals surface area (Å²) in [7, 11) is 1.53. The molecule has 2 aromatic carbocycles. The molecule has 0 aromatic heterocycles. The number of halogens is 2. The summed E-state index contributed by atoms with van der Waals surface area (Å²) in [6.45, 7) is 1.44. The van der Waals surface area contributed by atoms with Crippen molar-refractivity contribution in [2.75, 3.05) is 13.7 Å². The average molecular weight is 396 g/mol. The molecular formula is C19H19Cl2NO4. The number of hydrogen-bond donors (Lipinski definition) is 1. The van der Waals surface area contributed by atoms with Gasteiger partial charge in [0.2, 0.25) is 0 Å². The van der Waals surface area contributed by atoms with Gasteiger partial charge in [0.05, 0.1) is 29.6 Å². The average Bonchev–Trinajstić information content (AvgIpc) is 2.62. The SMILES string of the molecule is COc1ccccc1CC(=O)OCC(=O)NC(C)c1ccc(Cl)c(Cl)c1. The molecule has 1 unspecified atom stereocenters. The summed E-state index contributed by atoms with van der Waals surface area (Å²) in [6.07, 6.45) is 0.0274. The summed E-state index contributed by atoms with van der Waals surface area (Å²) >= 11 is 11.9. The topological polar surface area (TPSA) is 64.6 Å². The second kappa shape index (κ2) is 9.46. The summed E-state index contributed by atoms with van der Waals surface area (Å²) in [5.74, 6) is -0.314. The lowest BCUT2D eigenvalue weighted by Crippen LogP contribution is -2.31. The van der Waals surface area contributed by atoms with E-state index in [0.717, 1.165) is 5.56 Å². The lowest BCUT2D eigenvalue weighted by molar-refractivity contribution is -0.148. The van der Waals surface area contributed by atoms with Crippen LogP contribution in [0.2, 0.25) is 10.0 Å². The Morgan fingerprint density at radius 3 is 2.54 bits per heavy atom.